The lowest BCUT2D eigenvalue weighted by atomic mass is 10.8. The minimum absolute atomic E-state index is 0.668. The maximum absolute atomic E-state index is 11.0. The van der Waals surface area contributed by atoms with Crippen LogP contribution in [0.5, 0.6) is 0 Å². The molecule has 0 aromatic carbocycles. The fraction of sp³-hybridized carbons (Fsp3) is 1.00. The predicted octanol–water partition coefficient (Wildman–Crippen LogP) is 1.12. The van der Waals surface area contributed by atoms with Gasteiger partial charge in [-0.05, 0) is 6.92 Å². The molecule has 0 aliphatic rings. The minimum atomic E-state index is -1.79. The van der Waals surface area contributed by atoms with E-state index in [1.54, 1.807) is 6.26 Å². The predicted molar refractivity (Wildman–Crippen MR) is 37.6 cm³/mol. The molecule has 0 aliphatic heterocycles. The van der Waals surface area contributed by atoms with Gasteiger partial charge in [0.25, 0.3) is 0 Å². The summed E-state index contributed by atoms with van der Waals surface area (Å²) >= 11 is 0. The maximum atomic E-state index is 11.0. The van der Waals surface area contributed by atoms with Gasteiger partial charge in [0.15, 0.2) is 0 Å². The van der Waals surface area contributed by atoms with Crippen LogP contribution in [-0.4, -0.2) is 22.8 Å². The van der Waals surface area contributed by atoms with Gasteiger partial charge in [-0.1, -0.05) is 6.92 Å². The molecule has 50 valence electrons. The second-order valence-electron chi connectivity index (χ2n) is 1.69. The van der Waals surface area contributed by atoms with Crippen molar-refractivity contribution in [3.63, 3.8) is 0 Å². The van der Waals surface area contributed by atoms with Crippen molar-refractivity contribution >= 4 is 9.73 Å². The van der Waals surface area contributed by atoms with Crippen LogP contribution in [0, 0.1) is 0 Å². The van der Waals surface area contributed by atoms with E-state index in [-0.39, 0.29) is 0 Å². The largest absolute Gasteiger partial charge is 0.250 e. The van der Waals surface area contributed by atoms with E-state index >= 15 is 0 Å². The summed E-state index contributed by atoms with van der Waals surface area (Å²) in [5, 5.41) is 0. The van der Waals surface area contributed by atoms with E-state index in [0.717, 1.165) is 0 Å². The second-order valence-corrected chi connectivity index (χ2v) is 4.45. The van der Waals surface area contributed by atoms with Crippen LogP contribution in [0.1, 0.15) is 13.8 Å². The summed E-state index contributed by atoms with van der Waals surface area (Å²) in [6, 6.07) is 0. The minimum Gasteiger partial charge on any atom is -0.250 e. The van der Waals surface area contributed by atoms with Crippen LogP contribution in [-0.2, 0) is 9.73 Å². The van der Waals surface area contributed by atoms with Gasteiger partial charge in [-0.25, -0.2) is 4.36 Å². The Morgan fingerprint density at radius 2 is 2.00 bits per heavy atom. The molecular weight excluding hydrogens is 122 g/mol. The molecule has 0 saturated heterocycles. The van der Waals surface area contributed by atoms with E-state index in [9.17, 15) is 4.21 Å². The Balaban J connectivity index is 4.12. The van der Waals surface area contributed by atoms with E-state index in [1.807, 2.05) is 13.8 Å². The van der Waals surface area contributed by atoms with Crippen molar-refractivity contribution in [1.29, 1.82) is 0 Å². The van der Waals surface area contributed by atoms with E-state index in [1.165, 1.54) is 0 Å². The lowest BCUT2D eigenvalue weighted by molar-refractivity contribution is 0.680. The molecule has 0 rings (SSSR count). The quantitative estimate of drug-likeness (QED) is 0.558. The van der Waals surface area contributed by atoms with Gasteiger partial charge >= 0.3 is 0 Å². The fourth-order valence-corrected chi connectivity index (χ4v) is 1.09. The molecule has 0 bridgehead atoms. The Kier molecular flexibility index (Phi) is 3.05. The van der Waals surface area contributed by atoms with Gasteiger partial charge in [-0.3, -0.25) is 4.21 Å². The van der Waals surface area contributed by atoms with Gasteiger partial charge in [0.1, 0.15) is 0 Å². The summed E-state index contributed by atoms with van der Waals surface area (Å²) in [6.07, 6.45) is 1.69. The standard InChI is InChI=1S/C5H13NOS/c1-4-6-8(3,7)5-2/h4-5H2,1-3H3/t8-/m0/s1. The Morgan fingerprint density at radius 1 is 1.50 bits per heavy atom. The maximum Gasteiger partial charge on any atom is 0.0455 e. The average molecular weight is 135 g/mol. The summed E-state index contributed by atoms with van der Waals surface area (Å²) in [6.45, 7) is 4.46. The first-order valence-electron chi connectivity index (χ1n) is 2.78. The molecule has 0 fully saturated rings. The molecule has 2 nitrogen and oxygen atoms in total. The molecule has 0 N–H and O–H groups in total. The molecule has 0 unspecified atom stereocenters. The molecule has 0 spiro atoms. The molecule has 0 aromatic heterocycles. The van der Waals surface area contributed by atoms with Crippen LogP contribution >= 0.6 is 0 Å². The number of rotatable bonds is 2. The third kappa shape index (κ3) is 3.02. The van der Waals surface area contributed by atoms with Crippen LogP contribution in [0.2, 0.25) is 0 Å². The normalized spacial score (nSPS) is 17.4. The van der Waals surface area contributed by atoms with E-state index < -0.39 is 9.73 Å². The first kappa shape index (κ1) is 7.95. The second kappa shape index (κ2) is 3.07. The first-order valence-corrected chi connectivity index (χ1v) is 4.87. The van der Waals surface area contributed by atoms with E-state index in [4.69, 9.17) is 0 Å². The van der Waals surface area contributed by atoms with Crippen molar-refractivity contribution in [3.05, 3.63) is 0 Å². The number of hydrogen-bond acceptors (Lipinski definition) is 2. The number of nitrogens with zero attached hydrogens (tertiary/aromatic N) is 1. The zero-order valence-corrected chi connectivity index (χ0v) is 6.49. The lowest BCUT2D eigenvalue weighted by Gasteiger charge is -1.94. The van der Waals surface area contributed by atoms with Crippen molar-refractivity contribution in [2.45, 2.75) is 13.8 Å². The summed E-state index contributed by atoms with van der Waals surface area (Å²) in [5.74, 6) is 0.668. The Bertz CT molecular complexity index is 156. The molecule has 3 heteroatoms. The monoisotopic (exact) mass is 135 g/mol. The third-order valence-electron chi connectivity index (χ3n) is 0.938. The van der Waals surface area contributed by atoms with Gasteiger partial charge in [0, 0.05) is 28.3 Å². The van der Waals surface area contributed by atoms with Gasteiger partial charge in [0.05, 0.1) is 0 Å². The molecule has 0 saturated carbocycles. The highest BCUT2D eigenvalue weighted by molar-refractivity contribution is 7.92. The van der Waals surface area contributed by atoms with E-state index in [0.29, 0.717) is 12.3 Å². The van der Waals surface area contributed by atoms with Crippen molar-refractivity contribution in [3.8, 4) is 0 Å². The molecule has 0 aliphatic carbocycles. The van der Waals surface area contributed by atoms with E-state index in [2.05, 4.69) is 4.36 Å². The SMILES string of the molecule is CCN=[S@@](C)(=O)CC. The molecule has 8 heavy (non-hydrogen) atoms. The molecule has 1 atom stereocenters. The summed E-state index contributed by atoms with van der Waals surface area (Å²) in [5.41, 5.74) is 0. The highest BCUT2D eigenvalue weighted by atomic mass is 32.2. The van der Waals surface area contributed by atoms with Crippen LogP contribution in [0.15, 0.2) is 4.36 Å². The molecule has 0 heterocycles. The van der Waals surface area contributed by atoms with Gasteiger partial charge in [-0.2, -0.15) is 0 Å². The molecule has 0 radical (unpaired) electrons. The van der Waals surface area contributed by atoms with Crippen LogP contribution in [0.4, 0.5) is 0 Å². The van der Waals surface area contributed by atoms with Crippen molar-refractivity contribution in [2.75, 3.05) is 18.6 Å². The lowest BCUT2D eigenvalue weighted by Crippen LogP contribution is -1.98. The zero-order chi connectivity index (χ0) is 6.62. The molecule has 0 aromatic rings. The molecular formula is C5H13NOS. The fourth-order valence-electron chi connectivity index (χ4n) is 0.364. The highest BCUT2D eigenvalue weighted by Gasteiger charge is 1.90. The van der Waals surface area contributed by atoms with Crippen molar-refractivity contribution in [1.82, 2.24) is 0 Å². The van der Waals surface area contributed by atoms with Gasteiger partial charge in [0.2, 0.25) is 0 Å². The van der Waals surface area contributed by atoms with Gasteiger partial charge < -0.3 is 0 Å². The summed E-state index contributed by atoms with van der Waals surface area (Å²) in [7, 11) is -1.79. The Labute approximate surface area is 51.5 Å². The Morgan fingerprint density at radius 3 is 2.12 bits per heavy atom. The molecule has 0 amide bonds. The summed E-state index contributed by atoms with van der Waals surface area (Å²) in [4.78, 5) is 0. The average Bonchev–Trinajstić information content (AvgIpc) is 1.67. The smallest absolute Gasteiger partial charge is 0.0455 e. The third-order valence-corrected chi connectivity index (χ3v) is 2.81. The van der Waals surface area contributed by atoms with Crippen LogP contribution < -0.4 is 0 Å². The Hall–Kier alpha value is -0.0500. The highest BCUT2D eigenvalue weighted by Crippen LogP contribution is 1.87. The van der Waals surface area contributed by atoms with Crippen LogP contribution in [0.3, 0.4) is 0 Å². The topological polar surface area (TPSA) is 29.4 Å². The van der Waals surface area contributed by atoms with Gasteiger partial charge in [-0.15, -0.1) is 0 Å². The number of hydrogen-bond donors (Lipinski definition) is 0. The first-order chi connectivity index (χ1) is 3.62. The zero-order valence-electron chi connectivity index (χ0n) is 5.68. The van der Waals surface area contributed by atoms with Crippen LogP contribution in [0.25, 0.3) is 0 Å². The van der Waals surface area contributed by atoms with Crippen molar-refractivity contribution < 1.29 is 4.21 Å². The van der Waals surface area contributed by atoms with Crippen molar-refractivity contribution in [2.24, 2.45) is 4.36 Å². The summed E-state index contributed by atoms with van der Waals surface area (Å²) < 4.78 is 14.9.